The number of anilines is 1. The Morgan fingerprint density at radius 1 is 0.818 bits per heavy atom. The number of imide groups is 1. The number of para-hydroxylation sites is 1. The average molecular weight is 292 g/mol. The Bertz CT molecular complexity index is 751. The van der Waals surface area contributed by atoms with Crippen molar-refractivity contribution in [2.24, 2.45) is 0 Å². The molecule has 2 aromatic rings. The van der Waals surface area contributed by atoms with E-state index < -0.39 is 0 Å². The lowest BCUT2D eigenvalue weighted by Crippen LogP contribution is -2.30. The van der Waals surface area contributed by atoms with Crippen LogP contribution in [0.3, 0.4) is 0 Å². The lowest BCUT2D eigenvalue weighted by atomic mass is 10.0. The second kappa shape index (κ2) is 5.48. The van der Waals surface area contributed by atoms with Gasteiger partial charge in [0.1, 0.15) is 5.70 Å². The van der Waals surface area contributed by atoms with Crippen molar-refractivity contribution >= 4 is 23.1 Å². The van der Waals surface area contributed by atoms with Gasteiger partial charge in [0.2, 0.25) is 0 Å². The number of carbonyl (C=O) groups is 2. The minimum absolute atomic E-state index is 0.269. The van der Waals surface area contributed by atoms with Crippen LogP contribution in [0.5, 0.6) is 0 Å². The second-order valence-corrected chi connectivity index (χ2v) is 5.15. The Labute approximate surface area is 129 Å². The molecule has 0 aromatic heterocycles. The molecule has 3 rings (SSSR count). The van der Waals surface area contributed by atoms with Crippen molar-refractivity contribution in [2.45, 2.75) is 0 Å². The van der Waals surface area contributed by atoms with Crippen LogP contribution in [-0.2, 0) is 9.59 Å². The fourth-order valence-electron chi connectivity index (χ4n) is 2.58. The minimum atomic E-state index is -0.282. The summed E-state index contributed by atoms with van der Waals surface area (Å²) in [6.45, 7) is 0. The molecule has 1 aliphatic rings. The van der Waals surface area contributed by atoms with Crippen LogP contribution in [0, 0.1) is 0 Å². The van der Waals surface area contributed by atoms with E-state index in [2.05, 4.69) is 0 Å². The highest BCUT2D eigenvalue weighted by atomic mass is 16.2. The number of carbonyl (C=O) groups excluding carboxylic acids is 2. The van der Waals surface area contributed by atoms with Crippen LogP contribution in [0.25, 0.3) is 5.57 Å². The van der Waals surface area contributed by atoms with Gasteiger partial charge in [-0.2, -0.15) is 0 Å². The van der Waals surface area contributed by atoms with Gasteiger partial charge in [0.15, 0.2) is 0 Å². The van der Waals surface area contributed by atoms with Gasteiger partial charge in [0.25, 0.3) is 11.8 Å². The van der Waals surface area contributed by atoms with Crippen molar-refractivity contribution in [1.29, 1.82) is 0 Å². The third kappa shape index (κ3) is 2.19. The summed E-state index contributed by atoms with van der Waals surface area (Å²) in [6, 6.07) is 18.8. The number of likely N-dealkylation sites (N-methyl/N-ethyl adjacent to an activating group) is 2. The third-order valence-corrected chi connectivity index (χ3v) is 3.80. The molecule has 2 amide bonds. The zero-order valence-corrected chi connectivity index (χ0v) is 12.5. The summed E-state index contributed by atoms with van der Waals surface area (Å²) in [4.78, 5) is 27.9. The maximum atomic E-state index is 12.5. The molecule has 1 heterocycles. The Balaban J connectivity index is 2.17. The van der Waals surface area contributed by atoms with E-state index in [0.29, 0.717) is 11.3 Å². The van der Waals surface area contributed by atoms with Crippen molar-refractivity contribution in [2.75, 3.05) is 19.0 Å². The van der Waals surface area contributed by atoms with Crippen LogP contribution in [0.4, 0.5) is 5.69 Å². The van der Waals surface area contributed by atoms with Crippen molar-refractivity contribution in [1.82, 2.24) is 4.90 Å². The van der Waals surface area contributed by atoms with E-state index in [-0.39, 0.29) is 11.8 Å². The number of hydrogen-bond donors (Lipinski definition) is 0. The smallest absolute Gasteiger partial charge is 0.277 e. The fourth-order valence-corrected chi connectivity index (χ4v) is 2.58. The average Bonchev–Trinajstić information content (AvgIpc) is 2.80. The number of rotatable bonds is 3. The molecular formula is C18H16N2O2. The van der Waals surface area contributed by atoms with E-state index in [1.807, 2.05) is 60.7 Å². The number of hydrogen-bond acceptors (Lipinski definition) is 3. The molecule has 4 heteroatoms. The van der Waals surface area contributed by atoms with Crippen molar-refractivity contribution in [3.8, 4) is 0 Å². The highest BCUT2D eigenvalue weighted by Crippen LogP contribution is 2.32. The molecule has 0 saturated heterocycles. The van der Waals surface area contributed by atoms with Crippen LogP contribution < -0.4 is 4.90 Å². The maximum Gasteiger partial charge on any atom is 0.277 e. The molecule has 0 saturated carbocycles. The molecule has 22 heavy (non-hydrogen) atoms. The quantitative estimate of drug-likeness (QED) is 0.816. The first-order valence-electron chi connectivity index (χ1n) is 7.02. The first-order valence-corrected chi connectivity index (χ1v) is 7.02. The summed E-state index contributed by atoms with van der Waals surface area (Å²) in [7, 11) is 3.32. The molecule has 0 spiro atoms. The normalized spacial score (nSPS) is 14.7. The molecule has 1 aliphatic heterocycles. The SMILES string of the molecule is CN1C(=O)C(c2ccccc2)=C(N(C)c2ccccc2)C1=O. The molecule has 0 atom stereocenters. The molecule has 0 unspecified atom stereocenters. The summed E-state index contributed by atoms with van der Waals surface area (Å²) in [6.07, 6.45) is 0. The molecule has 0 fully saturated rings. The largest absolute Gasteiger partial charge is 0.339 e. The zero-order chi connectivity index (χ0) is 15.7. The zero-order valence-electron chi connectivity index (χ0n) is 12.5. The predicted molar refractivity (Wildman–Crippen MR) is 86.0 cm³/mol. The summed E-state index contributed by atoms with van der Waals surface area (Å²) in [5.74, 6) is -0.552. The molecule has 0 bridgehead atoms. The van der Waals surface area contributed by atoms with Crippen LogP contribution in [-0.4, -0.2) is 30.8 Å². The van der Waals surface area contributed by atoms with Gasteiger partial charge in [-0.1, -0.05) is 48.5 Å². The van der Waals surface area contributed by atoms with Crippen molar-refractivity contribution < 1.29 is 9.59 Å². The predicted octanol–water partition coefficient (Wildman–Crippen LogP) is 2.53. The van der Waals surface area contributed by atoms with Crippen LogP contribution in [0.15, 0.2) is 66.4 Å². The van der Waals surface area contributed by atoms with E-state index in [9.17, 15) is 9.59 Å². The van der Waals surface area contributed by atoms with E-state index in [4.69, 9.17) is 0 Å². The number of nitrogens with zero attached hydrogens (tertiary/aromatic N) is 2. The van der Waals surface area contributed by atoms with Crippen molar-refractivity contribution in [3.63, 3.8) is 0 Å². The number of benzene rings is 2. The molecule has 2 aromatic carbocycles. The van der Waals surface area contributed by atoms with Gasteiger partial charge in [0.05, 0.1) is 5.57 Å². The molecule has 0 radical (unpaired) electrons. The minimum Gasteiger partial charge on any atom is -0.339 e. The lowest BCUT2D eigenvalue weighted by Gasteiger charge is -2.20. The monoisotopic (exact) mass is 292 g/mol. The topological polar surface area (TPSA) is 40.6 Å². The molecule has 0 aliphatic carbocycles. The maximum absolute atomic E-state index is 12.5. The van der Waals surface area contributed by atoms with Gasteiger partial charge in [-0.15, -0.1) is 0 Å². The van der Waals surface area contributed by atoms with Gasteiger partial charge in [-0.25, -0.2) is 0 Å². The van der Waals surface area contributed by atoms with E-state index in [1.165, 1.54) is 7.05 Å². The first-order chi connectivity index (χ1) is 10.6. The van der Waals surface area contributed by atoms with Gasteiger partial charge < -0.3 is 4.90 Å². The van der Waals surface area contributed by atoms with Gasteiger partial charge >= 0.3 is 0 Å². The Morgan fingerprint density at radius 2 is 1.36 bits per heavy atom. The van der Waals surface area contributed by atoms with E-state index in [0.717, 1.165) is 16.2 Å². The Hall–Kier alpha value is -2.88. The first kappa shape index (κ1) is 14.1. The van der Waals surface area contributed by atoms with E-state index >= 15 is 0 Å². The molecule has 4 nitrogen and oxygen atoms in total. The van der Waals surface area contributed by atoms with Crippen LogP contribution in [0.2, 0.25) is 0 Å². The van der Waals surface area contributed by atoms with Crippen LogP contribution in [0.1, 0.15) is 5.56 Å². The van der Waals surface area contributed by atoms with Gasteiger partial charge in [-0.05, 0) is 17.7 Å². The summed E-state index contributed by atoms with van der Waals surface area (Å²) in [5, 5.41) is 0. The Morgan fingerprint density at radius 3 is 1.95 bits per heavy atom. The highest BCUT2D eigenvalue weighted by Gasteiger charge is 2.38. The van der Waals surface area contributed by atoms with Gasteiger partial charge in [0, 0.05) is 19.8 Å². The summed E-state index contributed by atoms with van der Waals surface area (Å²) < 4.78 is 0. The highest BCUT2D eigenvalue weighted by molar-refractivity contribution is 6.36. The molecule has 110 valence electrons. The summed E-state index contributed by atoms with van der Waals surface area (Å²) in [5.41, 5.74) is 2.47. The molecular weight excluding hydrogens is 276 g/mol. The Kier molecular flexibility index (Phi) is 3.51. The van der Waals surface area contributed by atoms with Gasteiger partial charge in [-0.3, -0.25) is 14.5 Å². The third-order valence-electron chi connectivity index (χ3n) is 3.80. The summed E-state index contributed by atoms with van der Waals surface area (Å²) >= 11 is 0. The van der Waals surface area contributed by atoms with Crippen LogP contribution >= 0.6 is 0 Å². The second-order valence-electron chi connectivity index (χ2n) is 5.15. The van der Waals surface area contributed by atoms with E-state index in [1.54, 1.807) is 11.9 Å². The fraction of sp³-hybridized carbons (Fsp3) is 0.111. The van der Waals surface area contributed by atoms with Crippen molar-refractivity contribution in [3.05, 3.63) is 71.9 Å². The lowest BCUT2D eigenvalue weighted by molar-refractivity contribution is -0.135. The molecule has 0 N–H and O–H groups in total. The standard InChI is InChI=1S/C18H16N2O2/c1-19(14-11-7-4-8-12-14)16-15(13-9-5-3-6-10-13)17(21)20(2)18(16)22/h3-12H,1-2H3. The number of amides is 2.